The molecule has 0 N–H and O–H groups in total. The van der Waals surface area contributed by atoms with Gasteiger partial charge in [0.2, 0.25) is 0 Å². The van der Waals surface area contributed by atoms with Gasteiger partial charge in [0.1, 0.15) is 6.61 Å². The smallest absolute Gasteiger partial charge is 0.358 e. The highest BCUT2D eigenvalue weighted by atomic mass is 35.6. The fourth-order valence-corrected chi connectivity index (χ4v) is 0.466. The molecule has 0 aromatic rings. The largest absolute Gasteiger partial charge is 0.458 e. The van der Waals surface area contributed by atoms with Crippen molar-refractivity contribution in [3.8, 4) is 0 Å². The van der Waals surface area contributed by atoms with Crippen molar-refractivity contribution in [1.82, 2.24) is 0 Å². The molecule has 0 fully saturated rings. The van der Waals surface area contributed by atoms with E-state index in [0.29, 0.717) is 0 Å². The van der Waals surface area contributed by atoms with Crippen LogP contribution < -0.4 is 0 Å². The van der Waals surface area contributed by atoms with Gasteiger partial charge in [0.15, 0.2) is 0 Å². The Morgan fingerprint density at radius 2 is 2.09 bits per heavy atom. The molecule has 5 heteroatoms. The molecular formula is C6H7Cl3O2. The molecule has 0 aliphatic heterocycles. The number of alkyl halides is 3. The lowest BCUT2D eigenvalue weighted by atomic mass is 10.5. The Labute approximate surface area is 80.1 Å². The van der Waals surface area contributed by atoms with Crippen LogP contribution in [0, 0.1) is 0 Å². The first-order chi connectivity index (χ1) is 4.98. The van der Waals surface area contributed by atoms with E-state index in [4.69, 9.17) is 34.8 Å². The Kier molecular flexibility index (Phi) is 4.89. The predicted octanol–water partition coefficient (Wildman–Crippen LogP) is 2.48. The van der Waals surface area contributed by atoms with Gasteiger partial charge in [-0.3, -0.25) is 0 Å². The average Bonchev–Trinajstić information content (AvgIpc) is 1.86. The molecule has 11 heavy (non-hydrogen) atoms. The third-order valence-electron chi connectivity index (χ3n) is 0.778. The zero-order valence-corrected chi connectivity index (χ0v) is 8.08. The summed E-state index contributed by atoms with van der Waals surface area (Å²) in [6.45, 7) is 1.92. The first-order valence-electron chi connectivity index (χ1n) is 2.83. The van der Waals surface area contributed by atoms with Crippen molar-refractivity contribution in [2.75, 3.05) is 6.61 Å². The van der Waals surface area contributed by atoms with Crippen LogP contribution in [0.1, 0.15) is 6.92 Å². The number of rotatable bonds is 2. The monoisotopic (exact) mass is 216 g/mol. The summed E-state index contributed by atoms with van der Waals surface area (Å²) in [4.78, 5) is 10.7. The number of carbonyl (C=O) groups excluding carboxylic acids is 1. The Morgan fingerprint density at radius 1 is 1.55 bits per heavy atom. The SMILES string of the molecule is C/C=C/COC(=O)C(Cl)(Cl)Cl. The summed E-state index contributed by atoms with van der Waals surface area (Å²) in [7, 11) is 0. The summed E-state index contributed by atoms with van der Waals surface area (Å²) in [5.41, 5.74) is 0. The molecule has 0 rings (SSSR count). The van der Waals surface area contributed by atoms with Crippen molar-refractivity contribution in [2.24, 2.45) is 0 Å². The van der Waals surface area contributed by atoms with Crippen molar-refractivity contribution >= 4 is 40.8 Å². The van der Waals surface area contributed by atoms with E-state index < -0.39 is 9.76 Å². The number of ether oxygens (including phenoxy) is 1. The van der Waals surface area contributed by atoms with Crippen molar-refractivity contribution in [1.29, 1.82) is 0 Å². The summed E-state index contributed by atoms with van der Waals surface area (Å²) >= 11 is 15.6. The van der Waals surface area contributed by atoms with E-state index >= 15 is 0 Å². The molecule has 0 saturated carbocycles. The molecule has 64 valence electrons. The molecular weight excluding hydrogens is 210 g/mol. The van der Waals surface area contributed by atoms with Crippen molar-refractivity contribution in [2.45, 2.75) is 10.7 Å². The molecule has 0 unspecified atom stereocenters. The molecule has 0 aliphatic rings. The molecule has 0 amide bonds. The zero-order valence-electron chi connectivity index (χ0n) is 5.81. The van der Waals surface area contributed by atoms with Crippen LogP contribution in [0.15, 0.2) is 12.2 Å². The Bertz CT molecular complexity index is 160. The van der Waals surface area contributed by atoms with Crippen LogP contribution in [0.2, 0.25) is 0 Å². The fourth-order valence-electron chi connectivity index (χ4n) is 0.302. The van der Waals surface area contributed by atoms with Crippen LogP contribution in [0.25, 0.3) is 0 Å². The van der Waals surface area contributed by atoms with Gasteiger partial charge >= 0.3 is 5.97 Å². The predicted molar refractivity (Wildman–Crippen MR) is 46.1 cm³/mol. The standard InChI is InChI=1S/C6H7Cl3O2/c1-2-3-4-11-5(10)6(7,8)9/h2-3H,4H2,1H3/b3-2+. The summed E-state index contributed by atoms with van der Waals surface area (Å²) in [5, 5.41) is 0. The first kappa shape index (κ1) is 11.1. The second-order valence-corrected chi connectivity index (χ2v) is 3.95. The molecule has 0 saturated heterocycles. The third-order valence-corrected chi connectivity index (χ3v) is 1.24. The quantitative estimate of drug-likeness (QED) is 0.403. The Balaban J connectivity index is 3.71. The molecule has 0 heterocycles. The minimum Gasteiger partial charge on any atom is -0.458 e. The second kappa shape index (κ2) is 4.86. The number of halogens is 3. The topological polar surface area (TPSA) is 26.3 Å². The van der Waals surface area contributed by atoms with E-state index in [1.165, 1.54) is 0 Å². The van der Waals surface area contributed by atoms with E-state index in [9.17, 15) is 4.79 Å². The Hall–Kier alpha value is 0.0800. The van der Waals surface area contributed by atoms with Gasteiger partial charge in [-0.2, -0.15) is 0 Å². The highest BCUT2D eigenvalue weighted by Gasteiger charge is 2.32. The molecule has 0 aromatic carbocycles. The van der Waals surface area contributed by atoms with Crippen molar-refractivity contribution < 1.29 is 9.53 Å². The molecule has 0 aliphatic carbocycles. The third kappa shape index (κ3) is 5.36. The van der Waals surface area contributed by atoms with E-state index in [1.807, 2.05) is 0 Å². The lowest BCUT2D eigenvalue weighted by molar-refractivity contribution is -0.141. The maximum absolute atomic E-state index is 10.7. The van der Waals surface area contributed by atoms with Gasteiger partial charge in [0.05, 0.1) is 0 Å². The van der Waals surface area contributed by atoms with Crippen LogP contribution in [0.4, 0.5) is 0 Å². The average molecular weight is 217 g/mol. The summed E-state index contributed by atoms with van der Waals surface area (Å²) in [6.07, 6.45) is 3.36. The number of carbonyl (C=O) groups is 1. The highest BCUT2D eigenvalue weighted by molar-refractivity contribution is 6.75. The van der Waals surface area contributed by atoms with Crippen LogP contribution in [-0.4, -0.2) is 16.4 Å². The minimum absolute atomic E-state index is 0.128. The lowest BCUT2D eigenvalue weighted by Crippen LogP contribution is -2.21. The summed E-state index contributed by atoms with van der Waals surface area (Å²) < 4.78 is 2.55. The summed E-state index contributed by atoms with van der Waals surface area (Å²) in [5.74, 6) is -0.861. The van der Waals surface area contributed by atoms with Gasteiger partial charge < -0.3 is 4.74 Å². The van der Waals surface area contributed by atoms with Gasteiger partial charge in [0, 0.05) is 0 Å². The van der Waals surface area contributed by atoms with Gasteiger partial charge in [-0.05, 0) is 6.92 Å². The molecule has 2 nitrogen and oxygen atoms in total. The fraction of sp³-hybridized carbons (Fsp3) is 0.500. The first-order valence-corrected chi connectivity index (χ1v) is 3.97. The normalized spacial score (nSPS) is 12.0. The van der Waals surface area contributed by atoms with E-state index in [1.54, 1.807) is 19.1 Å². The summed E-state index contributed by atoms with van der Waals surface area (Å²) in [6, 6.07) is 0. The zero-order chi connectivity index (χ0) is 8.91. The number of hydrogen-bond donors (Lipinski definition) is 0. The van der Waals surface area contributed by atoms with Crippen molar-refractivity contribution in [3.63, 3.8) is 0 Å². The van der Waals surface area contributed by atoms with Crippen LogP contribution in [0.3, 0.4) is 0 Å². The number of esters is 1. The maximum atomic E-state index is 10.7. The van der Waals surface area contributed by atoms with Gasteiger partial charge in [0.25, 0.3) is 3.79 Å². The molecule has 0 atom stereocenters. The van der Waals surface area contributed by atoms with Crippen LogP contribution >= 0.6 is 34.8 Å². The van der Waals surface area contributed by atoms with Gasteiger partial charge in [-0.25, -0.2) is 4.79 Å². The van der Waals surface area contributed by atoms with E-state index in [0.717, 1.165) is 0 Å². The lowest BCUT2D eigenvalue weighted by Gasteiger charge is -2.08. The maximum Gasteiger partial charge on any atom is 0.358 e. The van der Waals surface area contributed by atoms with E-state index in [2.05, 4.69) is 4.74 Å². The van der Waals surface area contributed by atoms with Crippen molar-refractivity contribution in [3.05, 3.63) is 12.2 Å². The van der Waals surface area contributed by atoms with Gasteiger partial charge in [-0.1, -0.05) is 47.0 Å². The van der Waals surface area contributed by atoms with Crippen LogP contribution in [0.5, 0.6) is 0 Å². The minimum atomic E-state index is -1.97. The van der Waals surface area contributed by atoms with Gasteiger partial charge in [-0.15, -0.1) is 0 Å². The molecule has 0 spiro atoms. The Morgan fingerprint density at radius 3 is 2.45 bits per heavy atom. The molecule has 0 aromatic heterocycles. The molecule has 0 bridgehead atoms. The second-order valence-electron chi connectivity index (χ2n) is 1.67. The van der Waals surface area contributed by atoms with E-state index in [-0.39, 0.29) is 6.61 Å². The molecule has 0 radical (unpaired) electrons. The number of hydrogen-bond acceptors (Lipinski definition) is 2. The number of allylic oxidation sites excluding steroid dienone is 1. The highest BCUT2D eigenvalue weighted by Crippen LogP contribution is 2.27. The van der Waals surface area contributed by atoms with Crippen LogP contribution in [-0.2, 0) is 9.53 Å².